The molecular weight excluding hydrogens is 218 g/mol. The van der Waals surface area contributed by atoms with Gasteiger partial charge in [0.1, 0.15) is 6.10 Å². The second kappa shape index (κ2) is 4.74. The van der Waals surface area contributed by atoms with Gasteiger partial charge >= 0.3 is 0 Å². The fourth-order valence-corrected chi connectivity index (χ4v) is 2.13. The summed E-state index contributed by atoms with van der Waals surface area (Å²) in [5.41, 5.74) is 5.76. The zero-order chi connectivity index (χ0) is 12.5. The Kier molecular flexibility index (Phi) is 3.49. The first-order valence-corrected chi connectivity index (χ1v) is 6.35. The molecule has 0 bridgehead atoms. The van der Waals surface area contributed by atoms with Crippen LogP contribution in [-0.2, 0) is 10.3 Å². The zero-order valence-corrected chi connectivity index (χ0v) is 10.8. The molecule has 1 aliphatic heterocycles. The van der Waals surface area contributed by atoms with Crippen LogP contribution in [0.5, 0.6) is 0 Å². The highest BCUT2D eigenvalue weighted by Crippen LogP contribution is 2.34. The summed E-state index contributed by atoms with van der Waals surface area (Å²) in [6.45, 7) is 6.97. The summed E-state index contributed by atoms with van der Waals surface area (Å²) in [5, 5.41) is 4.02. The number of nitrogens with zero attached hydrogens (tertiary/aromatic N) is 2. The Morgan fingerprint density at radius 1 is 1.41 bits per heavy atom. The van der Waals surface area contributed by atoms with E-state index in [9.17, 15) is 0 Å². The van der Waals surface area contributed by atoms with Crippen molar-refractivity contribution in [1.29, 1.82) is 0 Å². The lowest BCUT2D eigenvalue weighted by atomic mass is 9.93. The van der Waals surface area contributed by atoms with Crippen LogP contribution >= 0.6 is 0 Å². The molecule has 96 valence electrons. The molecule has 1 aromatic rings. The van der Waals surface area contributed by atoms with Crippen molar-refractivity contribution in [3.05, 3.63) is 11.7 Å². The topological polar surface area (TPSA) is 74.2 Å². The van der Waals surface area contributed by atoms with Gasteiger partial charge in [-0.25, -0.2) is 0 Å². The molecular formula is C12H21N3O2. The van der Waals surface area contributed by atoms with Crippen LogP contribution < -0.4 is 5.73 Å². The molecule has 5 nitrogen and oxygen atoms in total. The van der Waals surface area contributed by atoms with E-state index in [4.69, 9.17) is 15.0 Å². The van der Waals surface area contributed by atoms with Gasteiger partial charge in [-0.1, -0.05) is 25.9 Å². The standard InChI is InChI=1S/C12H21N3O2/c1-4-12(13,5-2)11-14-10(17-15-11)9-8(3)6-7-16-9/h8-9H,4-7,13H2,1-3H3. The van der Waals surface area contributed by atoms with Gasteiger partial charge in [-0.2, -0.15) is 4.98 Å². The van der Waals surface area contributed by atoms with Crippen molar-refractivity contribution in [3.8, 4) is 0 Å². The Balaban J connectivity index is 2.21. The zero-order valence-electron chi connectivity index (χ0n) is 10.8. The number of aromatic nitrogens is 2. The van der Waals surface area contributed by atoms with E-state index in [1.54, 1.807) is 0 Å². The van der Waals surface area contributed by atoms with Gasteiger partial charge in [-0.05, 0) is 25.2 Å². The van der Waals surface area contributed by atoms with Crippen LogP contribution in [-0.4, -0.2) is 16.7 Å². The Labute approximate surface area is 102 Å². The van der Waals surface area contributed by atoms with E-state index in [0.717, 1.165) is 25.9 Å². The Morgan fingerprint density at radius 3 is 2.65 bits per heavy atom. The van der Waals surface area contributed by atoms with Gasteiger partial charge in [0.05, 0.1) is 5.54 Å². The lowest BCUT2D eigenvalue weighted by Gasteiger charge is -2.21. The number of nitrogens with two attached hydrogens (primary N) is 1. The van der Waals surface area contributed by atoms with Crippen LogP contribution in [0.4, 0.5) is 0 Å². The smallest absolute Gasteiger partial charge is 0.256 e. The van der Waals surface area contributed by atoms with E-state index in [-0.39, 0.29) is 6.10 Å². The number of ether oxygens (including phenoxy) is 1. The molecule has 2 heterocycles. The largest absolute Gasteiger partial charge is 0.368 e. The second-order valence-electron chi connectivity index (χ2n) is 4.88. The second-order valence-corrected chi connectivity index (χ2v) is 4.88. The fourth-order valence-electron chi connectivity index (χ4n) is 2.13. The van der Waals surface area contributed by atoms with Gasteiger partial charge in [-0.15, -0.1) is 0 Å². The first-order valence-electron chi connectivity index (χ1n) is 6.35. The summed E-state index contributed by atoms with van der Waals surface area (Å²) in [5.74, 6) is 1.60. The van der Waals surface area contributed by atoms with Crippen molar-refractivity contribution >= 4 is 0 Å². The minimum Gasteiger partial charge on any atom is -0.368 e. The molecule has 2 unspecified atom stereocenters. The molecule has 0 aromatic carbocycles. The molecule has 1 aromatic heterocycles. The highest BCUT2D eigenvalue weighted by atomic mass is 16.5. The Bertz CT molecular complexity index is 374. The minimum absolute atomic E-state index is 0.0609. The minimum atomic E-state index is -0.483. The van der Waals surface area contributed by atoms with Crippen molar-refractivity contribution < 1.29 is 9.26 Å². The van der Waals surface area contributed by atoms with Gasteiger partial charge in [0.2, 0.25) is 0 Å². The maximum absolute atomic E-state index is 6.24. The summed E-state index contributed by atoms with van der Waals surface area (Å²) in [7, 11) is 0. The van der Waals surface area contributed by atoms with E-state index >= 15 is 0 Å². The van der Waals surface area contributed by atoms with Crippen molar-refractivity contribution in [1.82, 2.24) is 10.1 Å². The highest BCUT2D eigenvalue weighted by molar-refractivity contribution is 5.04. The summed E-state index contributed by atoms with van der Waals surface area (Å²) < 4.78 is 10.9. The van der Waals surface area contributed by atoms with Gasteiger partial charge in [0.15, 0.2) is 5.82 Å². The molecule has 0 aliphatic carbocycles. The van der Waals surface area contributed by atoms with Crippen LogP contribution in [0.2, 0.25) is 0 Å². The van der Waals surface area contributed by atoms with Crippen molar-refractivity contribution in [2.45, 2.75) is 51.7 Å². The van der Waals surface area contributed by atoms with E-state index in [1.807, 2.05) is 13.8 Å². The SMILES string of the molecule is CCC(N)(CC)c1noc(C2OCCC2C)n1. The van der Waals surface area contributed by atoms with Crippen molar-refractivity contribution in [2.24, 2.45) is 11.7 Å². The average molecular weight is 239 g/mol. The van der Waals surface area contributed by atoms with E-state index in [0.29, 0.717) is 17.6 Å². The lowest BCUT2D eigenvalue weighted by Crippen LogP contribution is -2.36. The number of rotatable bonds is 4. The fraction of sp³-hybridized carbons (Fsp3) is 0.833. The molecule has 0 radical (unpaired) electrons. The molecule has 5 heteroatoms. The molecule has 0 amide bonds. The third-order valence-corrected chi connectivity index (χ3v) is 3.78. The van der Waals surface area contributed by atoms with Crippen molar-refractivity contribution in [2.75, 3.05) is 6.61 Å². The third kappa shape index (κ3) is 2.21. The first-order chi connectivity index (χ1) is 8.10. The van der Waals surface area contributed by atoms with Crippen LogP contribution in [0, 0.1) is 5.92 Å². The molecule has 2 atom stereocenters. The monoisotopic (exact) mass is 239 g/mol. The molecule has 2 N–H and O–H groups in total. The average Bonchev–Trinajstić information content (AvgIpc) is 2.96. The van der Waals surface area contributed by atoms with Crippen LogP contribution in [0.25, 0.3) is 0 Å². The maximum Gasteiger partial charge on any atom is 0.256 e. The van der Waals surface area contributed by atoms with Gasteiger partial charge < -0.3 is 15.0 Å². The summed E-state index contributed by atoms with van der Waals surface area (Å²) in [4.78, 5) is 4.43. The van der Waals surface area contributed by atoms with E-state index < -0.39 is 5.54 Å². The predicted molar refractivity (Wildman–Crippen MR) is 63.2 cm³/mol. The molecule has 17 heavy (non-hydrogen) atoms. The normalized spacial score (nSPS) is 25.4. The Morgan fingerprint density at radius 2 is 2.12 bits per heavy atom. The van der Waals surface area contributed by atoms with Crippen LogP contribution in [0.15, 0.2) is 4.52 Å². The van der Waals surface area contributed by atoms with Gasteiger partial charge in [0, 0.05) is 6.61 Å². The molecule has 1 saturated heterocycles. The molecule has 1 aliphatic rings. The number of hydrogen-bond acceptors (Lipinski definition) is 5. The maximum atomic E-state index is 6.24. The quantitative estimate of drug-likeness (QED) is 0.871. The van der Waals surface area contributed by atoms with Crippen LogP contribution in [0.3, 0.4) is 0 Å². The lowest BCUT2D eigenvalue weighted by molar-refractivity contribution is 0.0661. The van der Waals surface area contributed by atoms with Crippen LogP contribution in [0.1, 0.15) is 57.9 Å². The molecule has 1 fully saturated rings. The van der Waals surface area contributed by atoms with E-state index in [1.165, 1.54) is 0 Å². The first kappa shape index (κ1) is 12.5. The molecule has 0 spiro atoms. The predicted octanol–water partition coefficient (Wildman–Crippen LogP) is 2.14. The molecule has 0 saturated carbocycles. The summed E-state index contributed by atoms with van der Waals surface area (Å²) in [6, 6.07) is 0. The van der Waals surface area contributed by atoms with Gasteiger partial charge in [0.25, 0.3) is 5.89 Å². The van der Waals surface area contributed by atoms with Gasteiger partial charge in [-0.3, -0.25) is 0 Å². The van der Waals surface area contributed by atoms with Crippen molar-refractivity contribution in [3.63, 3.8) is 0 Å². The summed E-state index contributed by atoms with van der Waals surface area (Å²) >= 11 is 0. The third-order valence-electron chi connectivity index (χ3n) is 3.78. The van der Waals surface area contributed by atoms with E-state index in [2.05, 4.69) is 17.1 Å². The summed E-state index contributed by atoms with van der Waals surface area (Å²) in [6.07, 6.45) is 2.57. The Hall–Kier alpha value is -0.940. The number of hydrogen-bond donors (Lipinski definition) is 1. The highest BCUT2D eigenvalue weighted by Gasteiger charge is 2.34. The molecule has 2 rings (SSSR count).